The molecule has 0 saturated carbocycles. The molecule has 1 aliphatic heterocycles. The van der Waals surface area contributed by atoms with Crippen molar-refractivity contribution >= 4 is 23.9 Å². The number of hydrogen-bond donors (Lipinski definition) is 4. The summed E-state index contributed by atoms with van der Waals surface area (Å²) in [4.78, 5) is 39.8. The zero-order valence-corrected chi connectivity index (χ0v) is 17.9. The summed E-state index contributed by atoms with van der Waals surface area (Å²) in [7, 11) is 0. The van der Waals surface area contributed by atoms with Crippen molar-refractivity contribution in [1.82, 2.24) is 20.5 Å². The highest BCUT2D eigenvalue weighted by Crippen LogP contribution is 2.44. The van der Waals surface area contributed by atoms with Crippen LogP contribution in [0.2, 0.25) is 0 Å². The van der Waals surface area contributed by atoms with Gasteiger partial charge in [0.1, 0.15) is 6.61 Å². The lowest BCUT2D eigenvalue weighted by molar-refractivity contribution is -0.148. The van der Waals surface area contributed by atoms with E-state index in [0.29, 0.717) is 6.42 Å². The number of carbonyl (C=O) groups is 3. The fraction of sp³-hybridized carbons (Fsp3) is 0.261. The molecule has 0 bridgehead atoms. The highest BCUT2D eigenvalue weighted by Gasteiger charge is 2.36. The van der Waals surface area contributed by atoms with Crippen molar-refractivity contribution in [2.45, 2.75) is 24.5 Å². The van der Waals surface area contributed by atoms with Gasteiger partial charge in [-0.05, 0) is 28.7 Å². The molecule has 5 rings (SSSR count). The Kier molecular flexibility index (Phi) is 5.68. The van der Waals surface area contributed by atoms with E-state index in [1.54, 1.807) is 0 Å². The van der Waals surface area contributed by atoms with Gasteiger partial charge in [0.05, 0.1) is 6.04 Å². The molecule has 2 heterocycles. The van der Waals surface area contributed by atoms with E-state index in [0.717, 1.165) is 22.3 Å². The first-order valence-corrected chi connectivity index (χ1v) is 10.7. The standard InChI is InChI=1S/C23H21N5O6/c29-20(24-17-9-10-33-18(17)21(30)31)19-25-22(28-27-19)26-23(32)34-11-16-14-7-3-1-5-12(14)13-6-2-4-8-15(13)16/h1-8,16-18H,9-11H2,(H,24,29)(H,30,31)(H2,25,26,27,28,32)/t17-,18+/m1/s1. The Morgan fingerprint density at radius 2 is 1.76 bits per heavy atom. The van der Waals surface area contributed by atoms with Gasteiger partial charge in [-0.25, -0.2) is 9.59 Å². The van der Waals surface area contributed by atoms with Crippen LogP contribution < -0.4 is 10.6 Å². The maximum atomic E-state index is 12.4. The van der Waals surface area contributed by atoms with Gasteiger partial charge in [-0.3, -0.25) is 15.2 Å². The monoisotopic (exact) mass is 463 g/mol. The lowest BCUT2D eigenvalue weighted by atomic mass is 9.98. The maximum Gasteiger partial charge on any atom is 0.414 e. The smallest absolute Gasteiger partial charge is 0.414 e. The number of H-pyrrole nitrogens is 1. The van der Waals surface area contributed by atoms with Gasteiger partial charge in [0.25, 0.3) is 11.9 Å². The SMILES string of the molecule is O=C(Nc1n[nH]c(C(=O)N[C@@H]2CCO[C@@H]2C(=O)O)n1)OCC1c2ccccc2-c2ccccc21. The number of nitrogens with one attached hydrogen (secondary N) is 3. The van der Waals surface area contributed by atoms with Gasteiger partial charge in [0, 0.05) is 12.5 Å². The van der Waals surface area contributed by atoms with Crippen LogP contribution in [0.25, 0.3) is 11.1 Å². The Morgan fingerprint density at radius 3 is 2.44 bits per heavy atom. The normalized spacial score (nSPS) is 18.7. The molecule has 174 valence electrons. The molecule has 0 radical (unpaired) electrons. The van der Waals surface area contributed by atoms with E-state index in [-0.39, 0.29) is 30.9 Å². The predicted octanol–water partition coefficient (Wildman–Crippen LogP) is 2.14. The molecule has 2 aliphatic rings. The van der Waals surface area contributed by atoms with Gasteiger partial charge in [0.2, 0.25) is 5.82 Å². The van der Waals surface area contributed by atoms with E-state index in [2.05, 4.69) is 25.8 Å². The number of amides is 2. The highest BCUT2D eigenvalue weighted by molar-refractivity contribution is 5.92. The first-order valence-electron chi connectivity index (χ1n) is 10.7. The number of aromatic nitrogens is 3. The molecule has 4 N–H and O–H groups in total. The van der Waals surface area contributed by atoms with Crippen LogP contribution >= 0.6 is 0 Å². The number of carboxylic acids is 1. The quantitative estimate of drug-likeness (QED) is 0.433. The fourth-order valence-corrected chi connectivity index (χ4v) is 4.36. The van der Waals surface area contributed by atoms with E-state index in [1.165, 1.54) is 0 Å². The van der Waals surface area contributed by atoms with Crippen LogP contribution in [-0.4, -0.2) is 63.6 Å². The summed E-state index contributed by atoms with van der Waals surface area (Å²) < 4.78 is 10.5. The zero-order valence-electron chi connectivity index (χ0n) is 17.9. The molecule has 1 fully saturated rings. The molecular weight excluding hydrogens is 442 g/mol. The van der Waals surface area contributed by atoms with Crippen molar-refractivity contribution in [2.75, 3.05) is 18.5 Å². The van der Waals surface area contributed by atoms with Crippen LogP contribution in [-0.2, 0) is 14.3 Å². The number of carbonyl (C=O) groups excluding carboxylic acids is 2. The summed E-state index contributed by atoms with van der Waals surface area (Å²) in [5.41, 5.74) is 4.41. The largest absolute Gasteiger partial charge is 0.479 e. The summed E-state index contributed by atoms with van der Waals surface area (Å²) in [5, 5.41) is 20.3. The first-order chi connectivity index (χ1) is 16.5. The van der Waals surface area contributed by atoms with Gasteiger partial charge < -0.3 is 19.9 Å². The van der Waals surface area contributed by atoms with Gasteiger partial charge in [0.15, 0.2) is 6.10 Å². The average molecular weight is 463 g/mol. The van der Waals surface area contributed by atoms with Crippen molar-refractivity contribution < 1.29 is 29.0 Å². The minimum absolute atomic E-state index is 0.0950. The molecule has 2 amide bonds. The maximum absolute atomic E-state index is 12.4. The average Bonchev–Trinajstić information content (AvgIpc) is 3.56. The molecule has 11 nitrogen and oxygen atoms in total. The molecule has 0 spiro atoms. The summed E-state index contributed by atoms with van der Waals surface area (Å²) in [6.07, 6.45) is -1.52. The van der Waals surface area contributed by atoms with E-state index >= 15 is 0 Å². The van der Waals surface area contributed by atoms with Gasteiger partial charge in [-0.15, -0.1) is 5.10 Å². The molecule has 1 aromatic heterocycles. The summed E-state index contributed by atoms with van der Waals surface area (Å²) in [6.45, 7) is 0.350. The number of hydrogen-bond acceptors (Lipinski definition) is 7. The molecule has 2 aromatic carbocycles. The number of anilines is 1. The summed E-state index contributed by atoms with van der Waals surface area (Å²) in [5.74, 6) is -2.22. The van der Waals surface area contributed by atoms with Gasteiger partial charge in [-0.2, -0.15) is 4.98 Å². The minimum Gasteiger partial charge on any atom is -0.479 e. The number of benzene rings is 2. The van der Waals surface area contributed by atoms with E-state index in [4.69, 9.17) is 14.6 Å². The number of fused-ring (bicyclic) bond motifs is 3. The van der Waals surface area contributed by atoms with Crippen molar-refractivity contribution in [3.8, 4) is 11.1 Å². The zero-order chi connectivity index (χ0) is 23.7. The highest BCUT2D eigenvalue weighted by atomic mass is 16.5. The summed E-state index contributed by atoms with van der Waals surface area (Å²) >= 11 is 0. The Bertz CT molecular complexity index is 1210. The van der Waals surface area contributed by atoms with E-state index in [1.807, 2.05) is 48.5 Å². The topological polar surface area (TPSA) is 156 Å². The third kappa shape index (κ3) is 4.08. The van der Waals surface area contributed by atoms with E-state index in [9.17, 15) is 14.4 Å². The van der Waals surface area contributed by atoms with Crippen LogP contribution in [0, 0.1) is 0 Å². The summed E-state index contributed by atoms with van der Waals surface area (Å²) in [6, 6.07) is 15.3. The molecule has 2 atom stereocenters. The number of rotatable bonds is 6. The molecule has 34 heavy (non-hydrogen) atoms. The van der Waals surface area contributed by atoms with Crippen LogP contribution in [0.5, 0.6) is 0 Å². The number of carboxylic acid groups (broad SMARTS) is 1. The van der Waals surface area contributed by atoms with Crippen molar-refractivity contribution in [3.05, 3.63) is 65.5 Å². The first kappa shape index (κ1) is 21.6. The third-order valence-electron chi connectivity index (χ3n) is 5.91. The van der Waals surface area contributed by atoms with Gasteiger partial charge in [-0.1, -0.05) is 48.5 Å². The Balaban J connectivity index is 1.19. The molecule has 1 aliphatic carbocycles. The minimum atomic E-state index is -1.15. The second-order valence-corrected chi connectivity index (χ2v) is 7.96. The molecule has 3 aromatic rings. The van der Waals surface area contributed by atoms with Crippen LogP contribution in [0.15, 0.2) is 48.5 Å². The van der Waals surface area contributed by atoms with Crippen molar-refractivity contribution in [3.63, 3.8) is 0 Å². The predicted molar refractivity (Wildman–Crippen MR) is 118 cm³/mol. The third-order valence-corrected chi connectivity index (χ3v) is 5.91. The molecule has 1 saturated heterocycles. The Morgan fingerprint density at radius 1 is 1.09 bits per heavy atom. The lowest BCUT2D eigenvalue weighted by Crippen LogP contribution is -2.44. The van der Waals surface area contributed by atoms with Gasteiger partial charge >= 0.3 is 12.1 Å². The number of aromatic amines is 1. The lowest BCUT2D eigenvalue weighted by Gasteiger charge is -2.15. The second-order valence-electron chi connectivity index (χ2n) is 7.96. The number of nitrogens with zero attached hydrogens (tertiary/aromatic N) is 2. The Hall–Kier alpha value is -4.25. The van der Waals surface area contributed by atoms with Crippen molar-refractivity contribution in [1.29, 1.82) is 0 Å². The fourth-order valence-electron chi connectivity index (χ4n) is 4.36. The van der Waals surface area contributed by atoms with Crippen LogP contribution in [0.4, 0.5) is 10.7 Å². The number of ether oxygens (including phenoxy) is 2. The molecular formula is C23H21N5O6. The second kappa shape index (κ2) is 8.94. The molecule has 0 unspecified atom stereocenters. The molecule has 11 heteroatoms. The number of aliphatic carboxylic acids is 1. The van der Waals surface area contributed by atoms with E-state index < -0.39 is 30.1 Å². The van der Waals surface area contributed by atoms with Crippen LogP contribution in [0.3, 0.4) is 0 Å². The Labute approximate surface area is 193 Å². The van der Waals surface area contributed by atoms with Crippen molar-refractivity contribution in [2.24, 2.45) is 0 Å². The van der Waals surface area contributed by atoms with Crippen LogP contribution in [0.1, 0.15) is 34.1 Å².